The molecular weight excluding hydrogens is 280 g/mol. The summed E-state index contributed by atoms with van der Waals surface area (Å²) < 4.78 is 31.9. The van der Waals surface area contributed by atoms with Gasteiger partial charge in [0, 0.05) is 48.9 Å². The van der Waals surface area contributed by atoms with Crippen LogP contribution in [0.5, 0.6) is 0 Å². The molecule has 0 atom stereocenters. The summed E-state index contributed by atoms with van der Waals surface area (Å²) >= 11 is -5.25. The maximum Gasteiger partial charge on any atom is 0 e. The molecule has 6 heavy (non-hydrogen) atoms. The van der Waals surface area contributed by atoms with E-state index >= 15 is 0 Å². The second kappa shape index (κ2) is 3.59. The molecule has 0 aromatic rings. The van der Waals surface area contributed by atoms with Crippen molar-refractivity contribution >= 4 is 62.2 Å². The standard InChI is InChI=1S/Ba.H2O4Se/c;1-5(2,3)4/h;(H2,1,2,3,4). The molecule has 0 rings (SSSR count). The van der Waals surface area contributed by atoms with Crippen LogP contribution in [0.15, 0.2) is 0 Å². The Bertz CT molecular complexity index is 90.7. The Hall–Kier alpha value is 1.61. The molecule has 0 spiro atoms. The molecule has 0 saturated carbocycles. The summed E-state index contributed by atoms with van der Waals surface area (Å²) in [5.74, 6) is 0. The van der Waals surface area contributed by atoms with Crippen molar-refractivity contribution in [1.82, 2.24) is 0 Å². The van der Waals surface area contributed by atoms with E-state index in [9.17, 15) is 0 Å². The van der Waals surface area contributed by atoms with Gasteiger partial charge in [-0.1, -0.05) is 0 Å². The van der Waals surface area contributed by atoms with E-state index in [2.05, 4.69) is 0 Å². The largest absolute Gasteiger partial charge is 0 e. The number of hydrogen-bond donors (Lipinski definition) is 2. The summed E-state index contributed by atoms with van der Waals surface area (Å²) in [5, 5.41) is 0. The smallest absolute Gasteiger partial charge is 0 e. The molecule has 2 radical (unpaired) electrons. The molecule has 0 unspecified atom stereocenters. The average Bonchev–Trinajstić information content (AvgIpc) is 0.722. The van der Waals surface area contributed by atoms with Crippen molar-refractivity contribution in [3.63, 3.8) is 0 Å². The first-order valence-electron chi connectivity index (χ1n) is 0.698. The maximum absolute atomic E-state index is 8.82. The summed E-state index contributed by atoms with van der Waals surface area (Å²) in [6.45, 7) is 0. The van der Waals surface area contributed by atoms with Gasteiger partial charge in [-0.2, -0.15) is 0 Å². The summed E-state index contributed by atoms with van der Waals surface area (Å²) in [4.78, 5) is 0. The molecule has 0 aliphatic carbocycles. The zero-order chi connectivity index (χ0) is 4.50. The van der Waals surface area contributed by atoms with Crippen molar-refractivity contribution in [3.05, 3.63) is 0 Å². The van der Waals surface area contributed by atoms with E-state index in [-0.39, 0.29) is 48.9 Å². The predicted molar refractivity (Wildman–Crippen MR) is 17.3 cm³/mol. The number of hydrogen-bond acceptors (Lipinski definition) is 2. The predicted octanol–water partition coefficient (Wildman–Crippen LogP) is -2.11. The molecule has 0 amide bonds. The molecule has 0 saturated heterocycles. The minimum absolute atomic E-state index is 0. The van der Waals surface area contributed by atoms with Gasteiger partial charge >= 0.3 is 29.4 Å². The van der Waals surface area contributed by atoms with Gasteiger partial charge in [0.1, 0.15) is 0 Å². The van der Waals surface area contributed by atoms with Crippen molar-refractivity contribution < 1.29 is 16.0 Å². The van der Waals surface area contributed by atoms with Gasteiger partial charge in [0.25, 0.3) is 0 Å². The minimum Gasteiger partial charge on any atom is 0 e. The van der Waals surface area contributed by atoms with E-state index in [0.29, 0.717) is 0 Å². The van der Waals surface area contributed by atoms with Crippen LogP contribution in [0.25, 0.3) is 0 Å². The Balaban J connectivity index is 0. The van der Waals surface area contributed by atoms with Crippen LogP contribution in [0.3, 0.4) is 0 Å². The van der Waals surface area contributed by atoms with Gasteiger partial charge in [0.15, 0.2) is 0 Å². The fourth-order valence-corrected chi connectivity index (χ4v) is 0. The van der Waals surface area contributed by atoms with Gasteiger partial charge in [0.05, 0.1) is 0 Å². The normalized spacial score (nSPS) is 9.67. The van der Waals surface area contributed by atoms with Crippen molar-refractivity contribution in [2.24, 2.45) is 0 Å². The van der Waals surface area contributed by atoms with E-state index in [1.807, 2.05) is 0 Å². The summed E-state index contributed by atoms with van der Waals surface area (Å²) in [6, 6.07) is 0. The van der Waals surface area contributed by atoms with Crippen LogP contribution in [-0.4, -0.2) is 70.6 Å². The molecule has 0 aliphatic rings. The van der Waals surface area contributed by atoms with Gasteiger partial charge in [0.2, 0.25) is 0 Å². The first kappa shape index (κ1) is 10.6. The molecule has 34 valence electrons. The van der Waals surface area contributed by atoms with E-state index in [0.717, 1.165) is 0 Å². The Morgan fingerprint density at radius 3 is 1.17 bits per heavy atom. The molecular formula is H2BaO4Se. The van der Waals surface area contributed by atoms with E-state index in [4.69, 9.17) is 16.0 Å². The van der Waals surface area contributed by atoms with Crippen molar-refractivity contribution in [2.75, 3.05) is 0 Å². The first-order valence-corrected chi connectivity index (χ1v) is 3.63. The molecule has 0 aromatic heterocycles. The molecule has 0 aliphatic heterocycles. The maximum atomic E-state index is 8.82. The molecule has 4 nitrogen and oxygen atoms in total. The fraction of sp³-hybridized carbons (Fsp3) is 0. The Labute approximate surface area is 76.9 Å². The van der Waals surface area contributed by atoms with E-state index in [1.54, 1.807) is 0 Å². The molecule has 0 heterocycles. The zero-order valence-electron chi connectivity index (χ0n) is 2.83. The molecule has 0 fully saturated rings. The van der Waals surface area contributed by atoms with Gasteiger partial charge in [-0.25, -0.2) is 0 Å². The monoisotopic (exact) mass is 284 g/mol. The third-order valence-electron chi connectivity index (χ3n) is 0. The Kier molecular flexibility index (Phi) is 6.33. The van der Waals surface area contributed by atoms with Crippen LogP contribution in [0.1, 0.15) is 0 Å². The first-order chi connectivity index (χ1) is 2.00. The SMILES string of the molecule is O=[Se](=O)(O)O.[Ba]. The topological polar surface area (TPSA) is 74.6 Å². The second-order valence-corrected chi connectivity index (χ2v) is 2.33. The third-order valence-corrected chi connectivity index (χ3v) is 0. The van der Waals surface area contributed by atoms with Crippen LogP contribution in [0, 0.1) is 0 Å². The Morgan fingerprint density at radius 1 is 1.17 bits per heavy atom. The quantitative estimate of drug-likeness (QED) is 0.499. The summed E-state index contributed by atoms with van der Waals surface area (Å²) in [6.07, 6.45) is 0. The average molecular weight is 282 g/mol. The molecule has 6 heteroatoms. The van der Waals surface area contributed by atoms with Gasteiger partial charge in [-0.05, 0) is 0 Å². The second-order valence-electron chi connectivity index (χ2n) is 0.448. The van der Waals surface area contributed by atoms with E-state index in [1.165, 1.54) is 0 Å². The third kappa shape index (κ3) is 46.0. The van der Waals surface area contributed by atoms with Gasteiger partial charge in [-0.3, -0.25) is 0 Å². The zero-order valence-corrected chi connectivity index (χ0v) is 8.98. The molecule has 2 N–H and O–H groups in total. The van der Waals surface area contributed by atoms with Crippen LogP contribution >= 0.6 is 0 Å². The van der Waals surface area contributed by atoms with Crippen LogP contribution in [-0.2, 0) is 7.67 Å². The van der Waals surface area contributed by atoms with Crippen LogP contribution in [0.2, 0.25) is 0 Å². The Morgan fingerprint density at radius 2 is 1.17 bits per heavy atom. The van der Waals surface area contributed by atoms with Crippen molar-refractivity contribution in [2.45, 2.75) is 0 Å². The van der Waals surface area contributed by atoms with E-state index < -0.39 is 13.4 Å². The summed E-state index contributed by atoms with van der Waals surface area (Å²) in [7, 11) is 0. The van der Waals surface area contributed by atoms with Crippen LogP contribution in [0.4, 0.5) is 0 Å². The summed E-state index contributed by atoms with van der Waals surface area (Å²) in [5.41, 5.74) is 0. The van der Waals surface area contributed by atoms with Crippen LogP contribution < -0.4 is 0 Å². The minimum atomic E-state index is -5.25. The van der Waals surface area contributed by atoms with Crippen molar-refractivity contribution in [3.8, 4) is 0 Å². The van der Waals surface area contributed by atoms with Gasteiger partial charge in [-0.15, -0.1) is 0 Å². The fourth-order valence-electron chi connectivity index (χ4n) is 0. The molecule has 0 aromatic carbocycles. The van der Waals surface area contributed by atoms with Crippen molar-refractivity contribution in [1.29, 1.82) is 0 Å². The van der Waals surface area contributed by atoms with Gasteiger partial charge < -0.3 is 0 Å². The number of rotatable bonds is 0. The molecule has 0 bridgehead atoms.